The van der Waals surface area contributed by atoms with E-state index in [1.807, 2.05) is 0 Å². The van der Waals surface area contributed by atoms with Gasteiger partial charge in [0, 0.05) is 10.4 Å². The van der Waals surface area contributed by atoms with E-state index >= 15 is 0 Å². The summed E-state index contributed by atoms with van der Waals surface area (Å²) in [5.74, 6) is -0.578. The van der Waals surface area contributed by atoms with Gasteiger partial charge in [-0.2, -0.15) is 0 Å². The summed E-state index contributed by atoms with van der Waals surface area (Å²) in [6, 6.07) is 4.45. The Morgan fingerprint density at radius 2 is 2.25 bits per heavy atom. The van der Waals surface area contributed by atoms with E-state index < -0.39 is 11.7 Å². The SMILES string of the molecule is O=C(NC1(CCl)CC1)c1c(F)cccc1Br. The van der Waals surface area contributed by atoms with Gasteiger partial charge in [0.15, 0.2) is 0 Å². The third kappa shape index (κ3) is 2.23. The second kappa shape index (κ2) is 4.34. The van der Waals surface area contributed by atoms with Crippen LogP contribution in [0.3, 0.4) is 0 Å². The van der Waals surface area contributed by atoms with Gasteiger partial charge in [-0.1, -0.05) is 6.07 Å². The summed E-state index contributed by atoms with van der Waals surface area (Å²) < 4.78 is 13.9. The predicted molar refractivity (Wildman–Crippen MR) is 64.3 cm³/mol. The Labute approximate surface area is 106 Å². The fourth-order valence-electron chi connectivity index (χ4n) is 1.46. The molecule has 0 saturated heterocycles. The molecule has 1 aliphatic carbocycles. The first-order valence-electron chi connectivity index (χ1n) is 4.90. The van der Waals surface area contributed by atoms with Gasteiger partial charge >= 0.3 is 0 Å². The van der Waals surface area contributed by atoms with Gasteiger partial charge in [0.25, 0.3) is 5.91 Å². The Balaban J connectivity index is 2.21. The van der Waals surface area contributed by atoms with Crippen molar-refractivity contribution in [3.05, 3.63) is 34.1 Å². The monoisotopic (exact) mass is 305 g/mol. The van der Waals surface area contributed by atoms with Crippen LogP contribution in [0.5, 0.6) is 0 Å². The van der Waals surface area contributed by atoms with E-state index in [1.165, 1.54) is 6.07 Å². The smallest absolute Gasteiger partial charge is 0.255 e. The number of rotatable bonds is 3. The summed E-state index contributed by atoms with van der Waals surface area (Å²) in [6.45, 7) is 0. The second-order valence-electron chi connectivity index (χ2n) is 3.96. The minimum atomic E-state index is -0.530. The molecule has 1 fully saturated rings. The van der Waals surface area contributed by atoms with Gasteiger partial charge in [0.2, 0.25) is 0 Å². The van der Waals surface area contributed by atoms with E-state index in [0.29, 0.717) is 10.4 Å². The van der Waals surface area contributed by atoms with Gasteiger partial charge in [-0.25, -0.2) is 4.39 Å². The molecular formula is C11H10BrClFNO. The van der Waals surface area contributed by atoms with E-state index in [0.717, 1.165) is 12.8 Å². The van der Waals surface area contributed by atoms with E-state index in [-0.39, 0.29) is 11.1 Å². The number of carbonyl (C=O) groups excluding carboxylic acids is 1. The Bertz CT molecular complexity index is 414. The number of nitrogens with one attached hydrogen (secondary N) is 1. The molecule has 0 bridgehead atoms. The summed E-state index contributed by atoms with van der Waals surface area (Å²) in [5.41, 5.74) is -0.278. The first-order valence-corrected chi connectivity index (χ1v) is 6.23. The molecule has 0 aliphatic heterocycles. The zero-order valence-electron chi connectivity index (χ0n) is 8.40. The maximum atomic E-state index is 13.5. The summed E-state index contributed by atoms with van der Waals surface area (Å²) in [5, 5.41) is 2.77. The molecule has 5 heteroatoms. The molecule has 0 heterocycles. The van der Waals surface area contributed by atoms with E-state index in [2.05, 4.69) is 21.2 Å². The minimum absolute atomic E-state index is 0.0406. The average Bonchev–Trinajstić information content (AvgIpc) is 2.98. The third-order valence-corrected chi connectivity index (χ3v) is 3.85. The van der Waals surface area contributed by atoms with Crippen LogP contribution in [0, 0.1) is 5.82 Å². The van der Waals surface area contributed by atoms with E-state index in [1.54, 1.807) is 12.1 Å². The van der Waals surface area contributed by atoms with Crippen molar-refractivity contribution in [2.45, 2.75) is 18.4 Å². The molecule has 1 aromatic rings. The van der Waals surface area contributed by atoms with Gasteiger partial charge in [-0.3, -0.25) is 4.79 Å². The van der Waals surface area contributed by atoms with Gasteiger partial charge in [0.1, 0.15) is 5.82 Å². The van der Waals surface area contributed by atoms with Crippen LogP contribution >= 0.6 is 27.5 Å². The number of hydrogen-bond donors (Lipinski definition) is 1. The molecule has 1 aliphatic rings. The van der Waals surface area contributed by atoms with E-state index in [9.17, 15) is 9.18 Å². The van der Waals surface area contributed by atoms with Crippen molar-refractivity contribution in [3.8, 4) is 0 Å². The first kappa shape index (κ1) is 11.9. The van der Waals surface area contributed by atoms with Gasteiger partial charge in [0.05, 0.1) is 11.1 Å². The van der Waals surface area contributed by atoms with Gasteiger partial charge in [-0.15, -0.1) is 11.6 Å². The Kier molecular flexibility index (Phi) is 3.22. The molecular weight excluding hydrogens is 296 g/mol. The summed E-state index contributed by atoms with van der Waals surface area (Å²) in [6.07, 6.45) is 1.71. The minimum Gasteiger partial charge on any atom is -0.345 e. The van der Waals surface area contributed by atoms with Gasteiger partial charge in [-0.05, 0) is 40.9 Å². The lowest BCUT2D eigenvalue weighted by Crippen LogP contribution is -2.38. The number of amides is 1. The maximum absolute atomic E-state index is 13.5. The van der Waals surface area contributed by atoms with Crippen LogP contribution in [-0.4, -0.2) is 17.3 Å². The molecule has 1 aromatic carbocycles. The predicted octanol–water partition coefficient (Wildman–Crippen LogP) is 3.09. The van der Waals surface area contributed by atoms with Crippen LogP contribution in [0.15, 0.2) is 22.7 Å². The molecule has 2 rings (SSSR count). The number of benzene rings is 1. The quantitative estimate of drug-likeness (QED) is 0.854. The van der Waals surface area contributed by atoms with Crippen LogP contribution in [0.4, 0.5) is 4.39 Å². The average molecular weight is 307 g/mol. The zero-order valence-corrected chi connectivity index (χ0v) is 10.7. The van der Waals surface area contributed by atoms with E-state index in [4.69, 9.17) is 11.6 Å². The van der Waals surface area contributed by atoms with Crippen molar-refractivity contribution < 1.29 is 9.18 Å². The zero-order chi connectivity index (χ0) is 11.8. The molecule has 86 valence electrons. The van der Waals surface area contributed by atoms with Crippen LogP contribution in [-0.2, 0) is 0 Å². The number of hydrogen-bond acceptors (Lipinski definition) is 1. The van der Waals surface area contributed by atoms with Crippen molar-refractivity contribution >= 4 is 33.4 Å². The highest BCUT2D eigenvalue weighted by atomic mass is 79.9. The second-order valence-corrected chi connectivity index (χ2v) is 5.09. The highest BCUT2D eigenvalue weighted by Crippen LogP contribution is 2.37. The molecule has 0 atom stereocenters. The fraction of sp³-hybridized carbons (Fsp3) is 0.364. The van der Waals surface area contributed by atoms with Crippen molar-refractivity contribution in [1.29, 1.82) is 0 Å². The molecule has 1 N–H and O–H groups in total. The molecule has 1 saturated carbocycles. The maximum Gasteiger partial charge on any atom is 0.255 e. The highest BCUT2D eigenvalue weighted by Gasteiger charge is 2.43. The van der Waals surface area contributed by atoms with Crippen molar-refractivity contribution in [3.63, 3.8) is 0 Å². The van der Waals surface area contributed by atoms with Crippen LogP contribution in [0.1, 0.15) is 23.2 Å². The topological polar surface area (TPSA) is 29.1 Å². The lowest BCUT2D eigenvalue weighted by atomic mass is 10.2. The largest absolute Gasteiger partial charge is 0.345 e. The highest BCUT2D eigenvalue weighted by molar-refractivity contribution is 9.10. The molecule has 0 unspecified atom stereocenters. The molecule has 0 radical (unpaired) electrons. The summed E-state index contributed by atoms with van der Waals surface area (Å²) in [7, 11) is 0. The Morgan fingerprint density at radius 1 is 1.56 bits per heavy atom. The van der Waals surface area contributed by atoms with Crippen molar-refractivity contribution in [2.24, 2.45) is 0 Å². The van der Waals surface area contributed by atoms with Gasteiger partial charge < -0.3 is 5.32 Å². The standard InChI is InChI=1S/C11H10BrClFNO/c12-7-2-1-3-8(14)9(7)10(16)15-11(6-13)4-5-11/h1-3H,4-6H2,(H,15,16). The first-order chi connectivity index (χ1) is 7.58. The van der Waals surface area contributed by atoms with Crippen LogP contribution in [0.25, 0.3) is 0 Å². The van der Waals surface area contributed by atoms with Crippen molar-refractivity contribution in [2.75, 3.05) is 5.88 Å². The number of halogens is 3. The van der Waals surface area contributed by atoms with Crippen molar-refractivity contribution in [1.82, 2.24) is 5.32 Å². The Hall–Kier alpha value is -0.610. The Morgan fingerprint density at radius 3 is 2.75 bits per heavy atom. The lowest BCUT2D eigenvalue weighted by Gasteiger charge is -2.14. The summed E-state index contributed by atoms with van der Waals surface area (Å²) in [4.78, 5) is 11.9. The summed E-state index contributed by atoms with van der Waals surface area (Å²) >= 11 is 8.91. The van der Waals surface area contributed by atoms with Crippen LogP contribution in [0.2, 0.25) is 0 Å². The third-order valence-electron chi connectivity index (χ3n) is 2.68. The number of alkyl halides is 1. The molecule has 1 amide bonds. The molecule has 2 nitrogen and oxygen atoms in total. The normalized spacial score (nSPS) is 16.9. The lowest BCUT2D eigenvalue weighted by molar-refractivity contribution is 0.0931. The van der Waals surface area contributed by atoms with Crippen LogP contribution < -0.4 is 5.32 Å². The molecule has 16 heavy (non-hydrogen) atoms. The fourth-order valence-corrected chi connectivity index (χ4v) is 2.32. The molecule has 0 aromatic heterocycles. The number of carbonyl (C=O) groups is 1. The molecule has 0 spiro atoms.